The Kier molecular flexibility index (Phi) is 5.95. The van der Waals surface area contributed by atoms with Gasteiger partial charge in [0, 0.05) is 30.7 Å². The first kappa shape index (κ1) is 21.7. The molecule has 31 heavy (non-hydrogen) atoms. The summed E-state index contributed by atoms with van der Waals surface area (Å²) in [5.74, 6) is 1.38. The highest BCUT2D eigenvalue weighted by Gasteiger charge is 2.48. The van der Waals surface area contributed by atoms with Crippen LogP contribution in [0.3, 0.4) is 0 Å². The van der Waals surface area contributed by atoms with Gasteiger partial charge in [-0.05, 0) is 42.7 Å². The Bertz CT molecular complexity index is 1020. The second-order valence-electron chi connectivity index (χ2n) is 8.45. The van der Waals surface area contributed by atoms with Gasteiger partial charge in [0.15, 0.2) is 5.75 Å². The summed E-state index contributed by atoms with van der Waals surface area (Å²) in [5, 5.41) is 14.3. The number of nitrogens with zero attached hydrogens (tertiary/aromatic N) is 2. The number of benzene rings is 2. The molecule has 0 aliphatic carbocycles. The van der Waals surface area contributed by atoms with E-state index in [0.717, 1.165) is 23.7 Å². The number of hydrogen-bond acceptors (Lipinski definition) is 5. The predicted octanol–water partition coefficient (Wildman–Crippen LogP) is 4.93. The monoisotopic (exact) mass is 441 g/mol. The predicted molar refractivity (Wildman–Crippen MR) is 123 cm³/mol. The molecule has 2 heterocycles. The number of fused-ring (bicyclic) bond motifs is 2. The summed E-state index contributed by atoms with van der Waals surface area (Å²) in [6, 6.07) is 13.0. The first-order chi connectivity index (χ1) is 14.9. The molecule has 0 saturated carbocycles. The highest BCUT2D eigenvalue weighted by molar-refractivity contribution is 6.31. The molecule has 2 aliphatic heterocycles. The lowest BCUT2D eigenvalue weighted by Gasteiger charge is -2.46. The Morgan fingerprint density at radius 3 is 2.81 bits per heavy atom. The second kappa shape index (κ2) is 8.52. The van der Waals surface area contributed by atoms with Gasteiger partial charge in [-0.2, -0.15) is 0 Å². The smallest absolute Gasteiger partial charge is 0.311 e. The second-order valence-corrected chi connectivity index (χ2v) is 8.89. The number of piperazine rings is 1. The van der Waals surface area contributed by atoms with Crippen molar-refractivity contribution < 1.29 is 14.6 Å². The lowest BCUT2D eigenvalue weighted by Crippen LogP contribution is -2.63. The molecule has 164 valence electrons. The van der Waals surface area contributed by atoms with Crippen LogP contribution in [0.1, 0.15) is 32.8 Å². The van der Waals surface area contributed by atoms with Crippen LogP contribution in [0.2, 0.25) is 5.02 Å². The van der Waals surface area contributed by atoms with Gasteiger partial charge in [-0.3, -0.25) is 4.79 Å². The van der Waals surface area contributed by atoms with Gasteiger partial charge in [-0.15, -0.1) is 0 Å². The van der Waals surface area contributed by atoms with Gasteiger partial charge < -0.3 is 20.1 Å². The van der Waals surface area contributed by atoms with E-state index < -0.39 is 11.4 Å². The molecular formula is C24H28ClN3O3. The van der Waals surface area contributed by atoms with Crippen molar-refractivity contribution >= 4 is 29.1 Å². The molecule has 2 aromatic carbocycles. The zero-order valence-corrected chi connectivity index (χ0v) is 18.8. The van der Waals surface area contributed by atoms with Gasteiger partial charge in [0.2, 0.25) is 0 Å². The van der Waals surface area contributed by atoms with Crippen LogP contribution >= 0.6 is 11.6 Å². The van der Waals surface area contributed by atoms with E-state index in [9.17, 15) is 9.90 Å². The first-order valence-electron chi connectivity index (χ1n) is 10.7. The van der Waals surface area contributed by atoms with Crippen LogP contribution in [-0.2, 0) is 4.79 Å². The zero-order chi connectivity index (χ0) is 22.2. The van der Waals surface area contributed by atoms with Gasteiger partial charge in [-0.1, -0.05) is 44.5 Å². The number of para-hydroxylation sites is 1. The molecule has 4 rings (SSSR count). The van der Waals surface area contributed by atoms with Crippen LogP contribution in [0.25, 0.3) is 0 Å². The van der Waals surface area contributed by atoms with Crippen LogP contribution in [0, 0.1) is 11.3 Å². The van der Waals surface area contributed by atoms with E-state index in [0.29, 0.717) is 36.0 Å². The molecule has 2 atom stereocenters. The molecule has 6 nitrogen and oxygen atoms in total. The molecule has 2 aromatic rings. The highest BCUT2D eigenvalue weighted by atomic mass is 35.5. The number of hydrogen-bond donors (Lipinski definition) is 2. The maximum atomic E-state index is 12.4. The van der Waals surface area contributed by atoms with Crippen molar-refractivity contribution in [2.75, 3.05) is 19.6 Å². The Morgan fingerprint density at radius 1 is 1.32 bits per heavy atom. The van der Waals surface area contributed by atoms with Crippen molar-refractivity contribution in [2.24, 2.45) is 16.3 Å². The molecule has 0 amide bonds. The third-order valence-corrected chi connectivity index (χ3v) is 6.84. The lowest BCUT2D eigenvalue weighted by atomic mass is 9.68. The van der Waals surface area contributed by atoms with E-state index in [2.05, 4.69) is 10.2 Å². The summed E-state index contributed by atoms with van der Waals surface area (Å²) in [7, 11) is 0. The van der Waals surface area contributed by atoms with Crippen molar-refractivity contribution in [1.82, 2.24) is 10.2 Å². The van der Waals surface area contributed by atoms with E-state index in [1.54, 1.807) is 12.1 Å². The molecule has 1 fully saturated rings. The Labute approximate surface area is 187 Å². The average molecular weight is 442 g/mol. The molecule has 0 spiro atoms. The minimum absolute atomic E-state index is 0.0151. The van der Waals surface area contributed by atoms with E-state index in [1.165, 1.54) is 0 Å². The van der Waals surface area contributed by atoms with E-state index in [1.807, 2.05) is 51.1 Å². The summed E-state index contributed by atoms with van der Waals surface area (Å²) in [5.41, 5.74) is 0.691. The molecule has 0 bridgehead atoms. The third kappa shape index (κ3) is 3.79. The summed E-state index contributed by atoms with van der Waals surface area (Å²) in [6.45, 7) is 7.88. The van der Waals surface area contributed by atoms with Crippen LogP contribution in [0.15, 0.2) is 47.5 Å². The lowest BCUT2D eigenvalue weighted by molar-refractivity contribution is -0.155. The number of aliphatic carboxylic acids is 1. The van der Waals surface area contributed by atoms with Crippen molar-refractivity contribution in [3.05, 3.63) is 53.1 Å². The quantitative estimate of drug-likeness (QED) is 0.703. The van der Waals surface area contributed by atoms with Crippen LogP contribution < -0.4 is 10.1 Å². The van der Waals surface area contributed by atoms with Crippen LogP contribution in [-0.4, -0.2) is 47.5 Å². The molecule has 2 unspecified atom stereocenters. The summed E-state index contributed by atoms with van der Waals surface area (Å²) in [4.78, 5) is 19.5. The van der Waals surface area contributed by atoms with Crippen LogP contribution in [0.5, 0.6) is 11.5 Å². The molecule has 0 aromatic heterocycles. The standard InChI is InChI=1S/C24H28ClN3O3/c1-4-24(15(2)3,23(29)30)21-14-28(12-11-26-21)22-17-7-5-6-8-19(17)31-20-10-9-16(25)13-18(20)27-22/h5-10,13,15,21,26H,4,11-12,14H2,1-3H3,(H,29,30). The fourth-order valence-electron chi connectivity index (χ4n) is 4.83. The number of halogens is 1. The Hall–Kier alpha value is -2.57. The highest BCUT2D eigenvalue weighted by Crippen LogP contribution is 2.41. The molecule has 0 radical (unpaired) electrons. The van der Waals surface area contributed by atoms with Crippen molar-refractivity contribution in [3.63, 3.8) is 0 Å². The number of carbonyl (C=O) groups is 1. The maximum absolute atomic E-state index is 12.4. The van der Waals surface area contributed by atoms with Gasteiger partial charge >= 0.3 is 5.97 Å². The van der Waals surface area contributed by atoms with Crippen molar-refractivity contribution in [3.8, 4) is 11.5 Å². The number of nitrogens with one attached hydrogen (secondary N) is 1. The van der Waals surface area contributed by atoms with Crippen LogP contribution in [0.4, 0.5) is 5.69 Å². The number of carboxylic acids is 1. The number of aliphatic imine (C=N–C) groups is 1. The number of ether oxygens (including phenoxy) is 1. The number of amidine groups is 1. The molecule has 1 saturated heterocycles. The fraction of sp³-hybridized carbons (Fsp3) is 0.417. The fourth-order valence-corrected chi connectivity index (χ4v) is 5.00. The minimum atomic E-state index is -0.860. The van der Waals surface area contributed by atoms with Crippen molar-refractivity contribution in [2.45, 2.75) is 33.2 Å². The largest absolute Gasteiger partial charge is 0.481 e. The summed E-state index contributed by atoms with van der Waals surface area (Å²) >= 11 is 6.23. The normalized spacial score (nSPS) is 20.1. The van der Waals surface area contributed by atoms with E-state index in [-0.39, 0.29) is 12.0 Å². The van der Waals surface area contributed by atoms with Gasteiger partial charge in [0.05, 0.1) is 11.0 Å². The SMILES string of the molecule is CCC(C(=O)O)(C(C)C)C1CN(C2=Nc3cc(Cl)ccc3Oc3ccccc32)CCN1. The number of carboxylic acid groups (broad SMARTS) is 1. The van der Waals surface area contributed by atoms with Gasteiger partial charge in [0.25, 0.3) is 0 Å². The molecular weight excluding hydrogens is 414 g/mol. The Morgan fingerprint density at radius 2 is 2.10 bits per heavy atom. The minimum Gasteiger partial charge on any atom is -0.481 e. The summed E-state index contributed by atoms with van der Waals surface area (Å²) in [6.07, 6.45) is 0.552. The Balaban J connectivity index is 1.78. The number of rotatable bonds is 4. The van der Waals surface area contributed by atoms with E-state index in [4.69, 9.17) is 21.3 Å². The molecule has 2 N–H and O–H groups in total. The summed E-state index contributed by atoms with van der Waals surface area (Å²) < 4.78 is 6.16. The van der Waals surface area contributed by atoms with E-state index >= 15 is 0 Å². The first-order valence-corrected chi connectivity index (χ1v) is 11.1. The zero-order valence-electron chi connectivity index (χ0n) is 18.1. The molecule has 2 aliphatic rings. The third-order valence-electron chi connectivity index (χ3n) is 6.61. The average Bonchev–Trinajstić information content (AvgIpc) is 2.91. The van der Waals surface area contributed by atoms with Gasteiger partial charge in [0.1, 0.15) is 17.3 Å². The molecule has 7 heteroatoms. The van der Waals surface area contributed by atoms with Gasteiger partial charge in [-0.25, -0.2) is 4.99 Å². The van der Waals surface area contributed by atoms with Crippen molar-refractivity contribution in [1.29, 1.82) is 0 Å². The maximum Gasteiger partial charge on any atom is 0.311 e. The topological polar surface area (TPSA) is 74.2 Å².